The molecule has 0 unspecified atom stereocenters. The minimum absolute atomic E-state index is 0.761. The molecule has 0 radical (unpaired) electrons. The fraction of sp³-hybridized carbons (Fsp3) is 0.250. The van der Waals surface area contributed by atoms with Crippen molar-refractivity contribution in [2.24, 2.45) is 0 Å². The molecule has 28 heavy (non-hydrogen) atoms. The molecule has 0 saturated carbocycles. The topological polar surface area (TPSA) is 41.1 Å². The van der Waals surface area contributed by atoms with Crippen LogP contribution < -0.4 is 5.32 Å². The van der Waals surface area contributed by atoms with Crippen LogP contribution in [0, 0.1) is 6.92 Å². The van der Waals surface area contributed by atoms with Gasteiger partial charge in [0.05, 0.1) is 5.52 Å². The van der Waals surface area contributed by atoms with Crippen LogP contribution in [0.3, 0.4) is 0 Å². The van der Waals surface area contributed by atoms with E-state index in [2.05, 4.69) is 91.9 Å². The molecule has 4 heteroatoms. The smallest absolute Gasteiger partial charge is 0.162 e. The summed E-state index contributed by atoms with van der Waals surface area (Å²) in [6, 6.07) is 21.1. The van der Waals surface area contributed by atoms with E-state index in [1.54, 1.807) is 0 Å². The van der Waals surface area contributed by atoms with Gasteiger partial charge in [0.25, 0.3) is 0 Å². The number of aryl methyl sites for hydroxylation is 1. The normalized spacial score (nSPS) is 11.4. The predicted octanol–water partition coefficient (Wildman–Crippen LogP) is 5.12. The number of benzene rings is 3. The Kier molecular flexibility index (Phi) is 5.22. The van der Waals surface area contributed by atoms with Gasteiger partial charge in [-0.25, -0.2) is 9.97 Å². The quantitative estimate of drug-likeness (QED) is 0.478. The van der Waals surface area contributed by atoms with E-state index in [0.29, 0.717) is 0 Å². The van der Waals surface area contributed by atoms with Crippen LogP contribution in [0.25, 0.3) is 33.1 Å². The lowest BCUT2D eigenvalue weighted by atomic mass is 10.1. The third-order valence-electron chi connectivity index (χ3n) is 4.93. The molecule has 142 valence electrons. The number of hydrogen-bond acceptors (Lipinski definition) is 4. The SMILES string of the molecule is Cc1ccc2nc(-c3ccc4ccccc4c3)nc(NCCCN(C)C)c2c1. The fourth-order valence-electron chi connectivity index (χ4n) is 3.44. The highest BCUT2D eigenvalue weighted by atomic mass is 15.1. The van der Waals surface area contributed by atoms with E-state index in [4.69, 9.17) is 9.97 Å². The highest BCUT2D eigenvalue weighted by Crippen LogP contribution is 2.27. The molecule has 4 rings (SSSR count). The summed E-state index contributed by atoms with van der Waals surface area (Å²) in [5, 5.41) is 7.05. The minimum atomic E-state index is 0.761. The summed E-state index contributed by atoms with van der Waals surface area (Å²) in [6.45, 7) is 4.04. The monoisotopic (exact) mass is 370 g/mol. The zero-order chi connectivity index (χ0) is 19.5. The summed E-state index contributed by atoms with van der Waals surface area (Å²) in [5.74, 6) is 1.67. The first-order valence-electron chi connectivity index (χ1n) is 9.76. The molecular weight excluding hydrogens is 344 g/mol. The van der Waals surface area contributed by atoms with E-state index in [1.807, 2.05) is 0 Å². The number of fused-ring (bicyclic) bond motifs is 2. The van der Waals surface area contributed by atoms with Crippen LogP contribution in [-0.4, -0.2) is 42.1 Å². The van der Waals surface area contributed by atoms with Crippen molar-refractivity contribution in [2.75, 3.05) is 32.5 Å². The maximum Gasteiger partial charge on any atom is 0.162 e. The molecule has 1 N–H and O–H groups in total. The van der Waals surface area contributed by atoms with Crippen molar-refractivity contribution in [3.05, 3.63) is 66.2 Å². The zero-order valence-corrected chi connectivity index (χ0v) is 16.7. The van der Waals surface area contributed by atoms with Gasteiger partial charge in [-0.05, 0) is 63.0 Å². The minimum Gasteiger partial charge on any atom is -0.369 e. The molecule has 0 saturated heterocycles. The maximum atomic E-state index is 4.90. The van der Waals surface area contributed by atoms with Crippen LogP contribution in [-0.2, 0) is 0 Å². The Hall–Kier alpha value is -2.98. The Balaban J connectivity index is 1.74. The third-order valence-corrected chi connectivity index (χ3v) is 4.93. The third kappa shape index (κ3) is 3.97. The van der Waals surface area contributed by atoms with Gasteiger partial charge in [0, 0.05) is 17.5 Å². The molecule has 0 bridgehead atoms. The molecule has 0 aliphatic carbocycles. The van der Waals surface area contributed by atoms with Crippen LogP contribution in [0.1, 0.15) is 12.0 Å². The second-order valence-electron chi connectivity index (χ2n) is 7.56. The molecule has 0 atom stereocenters. The average molecular weight is 371 g/mol. The molecular formula is C24H26N4. The zero-order valence-electron chi connectivity index (χ0n) is 16.7. The highest BCUT2D eigenvalue weighted by molar-refractivity contribution is 5.92. The summed E-state index contributed by atoms with van der Waals surface area (Å²) in [5.41, 5.74) is 3.22. The number of aromatic nitrogens is 2. The molecule has 0 aliphatic heterocycles. The average Bonchev–Trinajstić information content (AvgIpc) is 2.70. The second-order valence-corrected chi connectivity index (χ2v) is 7.56. The van der Waals surface area contributed by atoms with E-state index in [0.717, 1.165) is 47.6 Å². The van der Waals surface area contributed by atoms with Gasteiger partial charge >= 0.3 is 0 Å². The van der Waals surface area contributed by atoms with Gasteiger partial charge in [-0.3, -0.25) is 0 Å². The van der Waals surface area contributed by atoms with Crippen molar-refractivity contribution in [1.82, 2.24) is 14.9 Å². The lowest BCUT2D eigenvalue weighted by Gasteiger charge is -2.13. The van der Waals surface area contributed by atoms with Crippen molar-refractivity contribution in [3.63, 3.8) is 0 Å². The number of nitrogens with zero attached hydrogens (tertiary/aromatic N) is 3. The van der Waals surface area contributed by atoms with Crippen LogP contribution >= 0.6 is 0 Å². The molecule has 0 aliphatic rings. The maximum absolute atomic E-state index is 4.90. The molecule has 1 aromatic heterocycles. The summed E-state index contributed by atoms with van der Waals surface area (Å²) in [4.78, 5) is 11.9. The van der Waals surface area contributed by atoms with E-state index >= 15 is 0 Å². The molecule has 0 fully saturated rings. The van der Waals surface area contributed by atoms with Gasteiger partial charge in [-0.2, -0.15) is 0 Å². The van der Waals surface area contributed by atoms with Crippen molar-refractivity contribution >= 4 is 27.5 Å². The van der Waals surface area contributed by atoms with Gasteiger partial charge in [0.2, 0.25) is 0 Å². The van der Waals surface area contributed by atoms with E-state index in [-0.39, 0.29) is 0 Å². The molecule has 1 heterocycles. The number of rotatable bonds is 6. The molecule has 3 aromatic carbocycles. The Morgan fingerprint density at radius 3 is 2.54 bits per heavy atom. The summed E-state index contributed by atoms with van der Waals surface area (Å²) in [6.07, 6.45) is 1.07. The van der Waals surface area contributed by atoms with Crippen LogP contribution in [0.15, 0.2) is 60.7 Å². The Labute approximate surface area is 166 Å². The summed E-state index contributed by atoms with van der Waals surface area (Å²) >= 11 is 0. The van der Waals surface area contributed by atoms with Crippen molar-refractivity contribution in [1.29, 1.82) is 0 Å². The van der Waals surface area contributed by atoms with Crippen molar-refractivity contribution < 1.29 is 0 Å². The highest BCUT2D eigenvalue weighted by Gasteiger charge is 2.10. The summed E-state index contributed by atoms with van der Waals surface area (Å²) in [7, 11) is 4.20. The molecule has 4 aromatic rings. The Morgan fingerprint density at radius 1 is 0.893 bits per heavy atom. The predicted molar refractivity (Wildman–Crippen MR) is 119 cm³/mol. The standard InChI is InChI=1S/C24H26N4/c1-17-9-12-22-21(15-17)24(25-13-6-14-28(2)3)27-23(26-22)20-11-10-18-7-4-5-8-19(18)16-20/h4-5,7-12,15-16H,6,13-14H2,1-3H3,(H,25,26,27). The van der Waals surface area contributed by atoms with Crippen molar-refractivity contribution in [2.45, 2.75) is 13.3 Å². The van der Waals surface area contributed by atoms with Gasteiger partial charge in [0.15, 0.2) is 5.82 Å². The van der Waals surface area contributed by atoms with E-state index < -0.39 is 0 Å². The number of anilines is 1. The summed E-state index contributed by atoms with van der Waals surface area (Å²) < 4.78 is 0. The van der Waals surface area contributed by atoms with Gasteiger partial charge < -0.3 is 10.2 Å². The van der Waals surface area contributed by atoms with Crippen molar-refractivity contribution in [3.8, 4) is 11.4 Å². The lowest BCUT2D eigenvalue weighted by molar-refractivity contribution is 0.405. The number of hydrogen-bond donors (Lipinski definition) is 1. The number of nitrogens with one attached hydrogen (secondary N) is 1. The first-order valence-corrected chi connectivity index (χ1v) is 9.76. The van der Waals surface area contributed by atoms with Crippen LogP contribution in [0.5, 0.6) is 0 Å². The fourth-order valence-corrected chi connectivity index (χ4v) is 3.44. The first kappa shape index (κ1) is 18.4. The van der Waals surface area contributed by atoms with E-state index in [9.17, 15) is 0 Å². The van der Waals surface area contributed by atoms with Gasteiger partial charge in [-0.15, -0.1) is 0 Å². The van der Waals surface area contributed by atoms with E-state index in [1.165, 1.54) is 16.3 Å². The van der Waals surface area contributed by atoms with Crippen LogP contribution in [0.4, 0.5) is 5.82 Å². The van der Waals surface area contributed by atoms with Gasteiger partial charge in [0.1, 0.15) is 5.82 Å². The van der Waals surface area contributed by atoms with Crippen LogP contribution in [0.2, 0.25) is 0 Å². The Bertz CT molecular complexity index is 1120. The molecule has 0 amide bonds. The largest absolute Gasteiger partial charge is 0.369 e. The molecule has 0 spiro atoms. The Morgan fingerprint density at radius 2 is 1.71 bits per heavy atom. The second kappa shape index (κ2) is 7.95. The van der Waals surface area contributed by atoms with Gasteiger partial charge in [-0.1, -0.05) is 48.0 Å². The lowest BCUT2D eigenvalue weighted by Crippen LogP contribution is -2.17. The molecule has 4 nitrogen and oxygen atoms in total. The first-order chi connectivity index (χ1) is 13.6.